The lowest BCUT2D eigenvalue weighted by Crippen LogP contribution is -2.10. The van der Waals surface area contributed by atoms with E-state index in [4.69, 9.17) is 28.9 Å². The number of amidine groups is 1. The van der Waals surface area contributed by atoms with Gasteiger partial charge in [0, 0.05) is 21.8 Å². The largest absolute Gasteiger partial charge is 0.379 e. The van der Waals surface area contributed by atoms with Crippen LogP contribution in [0.15, 0.2) is 23.2 Å². The monoisotopic (exact) mass is 276 g/mol. The Morgan fingerprint density at radius 1 is 1.44 bits per heavy atom. The van der Waals surface area contributed by atoms with Crippen LogP contribution in [0.2, 0.25) is 10.0 Å². The van der Waals surface area contributed by atoms with Crippen molar-refractivity contribution in [3.63, 3.8) is 0 Å². The van der Waals surface area contributed by atoms with E-state index in [0.717, 1.165) is 5.56 Å². The number of hydrogen-bond acceptors (Lipinski definition) is 2. The first-order valence-corrected chi connectivity index (χ1v) is 6.63. The number of benzene rings is 1. The Kier molecular flexibility index (Phi) is 5.46. The van der Waals surface area contributed by atoms with Gasteiger partial charge >= 0.3 is 0 Å². The molecule has 0 aliphatic carbocycles. The van der Waals surface area contributed by atoms with E-state index < -0.39 is 0 Å². The van der Waals surface area contributed by atoms with Gasteiger partial charge in [0.25, 0.3) is 0 Å². The van der Waals surface area contributed by atoms with Crippen LogP contribution < -0.4 is 5.73 Å². The predicted octanol–water partition coefficient (Wildman–Crippen LogP) is 3.95. The smallest absolute Gasteiger partial charge is 0.154 e. The Morgan fingerprint density at radius 2 is 2.12 bits per heavy atom. The summed E-state index contributed by atoms with van der Waals surface area (Å²) in [5, 5.41) is 1.89. The molecule has 2 N–H and O–H groups in total. The Hall–Kier alpha value is -0.380. The average molecular weight is 277 g/mol. The molecule has 0 fully saturated rings. The zero-order valence-corrected chi connectivity index (χ0v) is 11.5. The fourth-order valence-electron chi connectivity index (χ4n) is 1.08. The zero-order valence-electron chi connectivity index (χ0n) is 9.21. The minimum atomic E-state index is 0.216. The molecule has 0 saturated heterocycles. The molecule has 5 heteroatoms. The third-order valence-corrected chi connectivity index (χ3v) is 3.22. The Morgan fingerprint density at radius 3 is 2.69 bits per heavy atom. The summed E-state index contributed by atoms with van der Waals surface area (Å²) in [6.07, 6.45) is 0. The lowest BCUT2D eigenvalue weighted by Gasteiger charge is -2.05. The number of rotatable bonds is 3. The summed E-state index contributed by atoms with van der Waals surface area (Å²) in [7, 11) is 0. The molecule has 1 aromatic carbocycles. The molecule has 0 atom stereocenters. The molecule has 2 nitrogen and oxygen atoms in total. The van der Waals surface area contributed by atoms with Crippen LogP contribution >= 0.6 is 35.0 Å². The van der Waals surface area contributed by atoms with E-state index in [0.29, 0.717) is 21.0 Å². The second kappa shape index (κ2) is 6.38. The molecule has 16 heavy (non-hydrogen) atoms. The Labute approximate surface area is 110 Å². The predicted molar refractivity (Wildman–Crippen MR) is 74.5 cm³/mol. The van der Waals surface area contributed by atoms with E-state index in [-0.39, 0.29) is 6.04 Å². The first kappa shape index (κ1) is 13.7. The molecule has 0 aromatic heterocycles. The van der Waals surface area contributed by atoms with Crippen molar-refractivity contribution >= 4 is 40.1 Å². The molecule has 1 aromatic rings. The van der Waals surface area contributed by atoms with E-state index in [1.165, 1.54) is 11.8 Å². The first-order chi connectivity index (χ1) is 7.49. The number of halogens is 2. The van der Waals surface area contributed by atoms with Crippen molar-refractivity contribution in [3.8, 4) is 0 Å². The Balaban J connectivity index is 2.61. The third kappa shape index (κ3) is 4.64. The number of thioether (sulfide) groups is 1. The molecule has 1 rings (SSSR count). The maximum absolute atomic E-state index is 6.04. The van der Waals surface area contributed by atoms with Crippen LogP contribution in [0.3, 0.4) is 0 Å². The molecule has 0 radical (unpaired) electrons. The minimum absolute atomic E-state index is 0.216. The van der Waals surface area contributed by atoms with E-state index in [2.05, 4.69) is 4.99 Å². The van der Waals surface area contributed by atoms with Crippen molar-refractivity contribution in [3.05, 3.63) is 33.8 Å². The Bertz CT molecular complexity index is 392. The zero-order chi connectivity index (χ0) is 12.1. The fourth-order valence-corrected chi connectivity index (χ4v) is 2.48. The molecule has 0 saturated carbocycles. The summed E-state index contributed by atoms with van der Waals surface area (Å²) in [6.45, 7) is 3.98. The van der Waals surface area contributed by atoms with Gasteiger partial charge in [0.15, 0.2) is 5.17 Å². The van der Waals surface area contributed by atoms with Crippen LogP contribution in [-0.2, 0) is 5.75 Å². The second-order valence-corrected chi connectivity index (χ2v) is 5.42. The highest BCUT2D eigenvalue weighted by Crippen LogP contribution is 2.24. The van der Waals surface area contributed by atoms with E-state index in [9.17, 15) is 0 Å². The van der Waals surface area contributed by atoms with Crippen molar-refractivity contribution < 1.29 is 0 Å². The maximum Gasteiger partial charge on any atom is 0.154 e. The summed E-state index contributed by atoms with van der Waals surface area (Å²) in [5.41, 5.74) is 6.76. The van der Waals surface area contributed by atoms with Gasteiger partial charge in [0.2, 0.25) is 0 Å². The highest BCUT2D eigenvalue weighted by molar-refractivity contribution is 8.13. The highest BCUT2D eigenvalue weighted by atomic mass is 35.5. The van der Waals surface area contributed by atoms with Crippen molar-refractivity contribution in [2.24, 2.45) is 10.7 Å². The van der Waals surface area contributed by atoms with Gasteiger partial charge in [-0.25, -0.2) is 0 Å². The van der Waals surface area contributed by atoms with Crippen molar-refractivity contribution in [1.82, 2.24) is 0 Å². The average Bonchev–Trinajstić information content (AvgIpc) is 2.15. The molecule has 0 spiro atoms. The van der Waals surface area contributed by atoms with Crippen LogP contribution in [0.1, 0.15) is 19.4 Å². The normalized spacial score (nSPS) is 12.2. The topological polar surface area (TPSA) is 38.4 Å². The van der Waals surface area contributed by atoms with Crippen molar-refractivity contribution in [2.45, 2.75) is 25.6 Å². The second-order valence-electron chi connectivity index (χ2n) is 3.59. The lowest BCUT2D eigenvalue weighted by molar-refractivity contribution is 0.838. The molecule has 88 valence electrons. The summed E-state index contributed by atoms with van der Waals surface area (Å²) >= 11 is 13.3. The van der Waals surface area contributed by atoms with Gasteiger partial charge in [-0.2, -0.15) is 0 Å². The van der Waals surface area contributed by atoms with Crippen LogP contribution in [0.4, 0.5) is 0 Å². The van der Waals surface area contributed by atoms with E-state index in [1.807, 2.05) is 26.0 Å². The quantitative estimate of drug-likeness (QED) is 0.671. The van der Waals surface area contributed by atoms with Gasteiger partial charge in [-0.3, -0.25) is 4.99 Å². The molecule has 0 bridgehead atoms. The molecular weight excluding hydrogens is 263 g/mol. The van der Waals surface area contributed by atoms with Crippen LogP contribution in [-0.4, -0.2) is 11.2 Å². The van der Waals surface area contributed by atoms with Crippen LogP contribution in [0.5, 0.6) is 0 Å². The van der Waals surface area contributed by atoms with Crippen LogP contribution in [0, 0.1) is 0 Å². The van der Waals surface area contributed by atoms with E-state index in [1.54, 1.807) is 6.07 Å². The number of hydrogen-bond donors (Lipinski definition) is 1. The van der Waals surface area contributed by atoms with Gasteiger partial charge in [-0.05, 0) is 31.5 Å². The van der Waals surface area contributed by atoms with Crippen molar-refractivity contribution in [1.29, 1.82) is 0 Å². The van der Waals surface area contributed by atoms with Gasteiger partial charge in [-0.1, -0.05) is 41.0 Å². The number of nitrogens with two attached hydrogens (primary N) is 1. The lowest BCUT2D eigenvalue weighted by atomic mass is 10.2. The van der Waals surface area contributed by atoms with Crippen molar-refractivity contribution in [2.75, 3.05) is 0 Å². The summed E-state index contributed by atoms with van der Waals surface area (Å²) < 4.78 is 0. The summed E-state index contributed by atoms with van der Waals surface area (Å²) in [6, 6.07) is 5.67. The van der Waals surface area contributed by atoms with Gasteiger partial charge in [-0.15, -0.1) is 0 Å². The summed E-state index contributed by atoms with van der Waals surface area (Å²) in [4.78, 5) is 4.23. The number of aliphatic imine (C=N–C) groups is 1. The van der Waals surface area contributed by atoms with Gasteiger partial charge in [0.1, 0.15) is 0 Å². The third-order valence-electron chi connectivity index (χ3n) is 1.78. The van der Waals surface area contributed by atoms with Crippen LogP contribution in [0.25, 0.3) is 0 Å². The molecule has 0 unspecified atom stereocenters. The number of nitrogens with zero attached hydrogens (tertiary/aromatic N) is 1. The first-order valence-electron chi connectivity index (χ1n) is 4.89. The summed E-state index contributed by atoms with van der Waals surface area (Å²) in [5.74, 6) is 0.706. The van der Waals surface area contributed by atoms with E-state index >= 15 is 0 Å². The van der Waals surface area contributed by atoms with Gasteiger partial charge in [0.05, 0.1) is 0 Å². The maximum atomic E-state index is 6.04. The molecule has 0 heterocycles. The fraction of sp³-hybridized carbons (Fsp3) is 0.364. The SMILES string of the molecule is CC(C)N=C(N)SCc1ccc(Cl)cc1Cl. The molecular formula is C11H14Cl2N2S. The molecule has 0 aliphatic rings. The minimum Gasteiger partial charge on any atom is -0.379 e. The standard InChI is InChI=1S/C11H14Cl2N2S/c1-7(2)15-11(14)16-6-8-3-4-9(12)5-10(8)13/h3-5,7H,6H2,1-2H3,(H2,14,15). The van der Waals surface area contributed by atoms with Gasteiger partial charge < -0.3 is 5.73 Å². The molecule has 0 aliphatic heterocycles. The molecule has 0 amide bonds. The highest BCUT2D eigenvalue weighted by Gasteiger charge is 2.03.